The Morgan fingerprint density at radius 2 is 1.88 bits per heavy atom. The molecule has 0 aliphatic carbocycles. The van der Waals surface area contributed by atoms with E-state index in [2.05, 4.69) is 52.7 Å². The van der Waals surface area contributed by atoms with Gasteiger partial charge >= 0.3 is 0 Å². The summed E-state index contributed by atoms with van der Waals surface area (Å²) >= 11 is 0. The minimum absolute atomic E-state index is 0.0727. The molecular formula is C14H21N3. The van der Waals surface area contributed by atoms with Crippen LogP contribution < -0.4 is 0 Å². The van der Waals surface area contributed by atoms with Crippen molar-refractivity contribution >= 4 is 5.65 Å². The van der Waals surface area contributed by atoms with Crippen molar-refractivity contribution in [2.45, 2.75) is 52.9 Å². The maximum absolute atomic E-state index is 4.71. The highest BCUT2D eigenvalue weighted by atomic mass is 15.3. The molecule has 0 spiro atoms. The van der Waals surface area contributed by atoms with Crippen LogP contribution in [0, 0.1) is 6.92 Å². The van der Waals surface area contributed by atoms with E-state index < -0.39 is 0 Å². The first-order valence-corrected chi connectivity index (χ1v) is 6.16. The van der Waals surface area contributed by atoms with E-state index in [0.717, 1.165) is 16.9 Å². The fraction of sp³-hybridized carbons (Fsp3) is 0.571. The third-order valence-electron chi connectivity index (χ3n) is 3.03. The van der Waals surface area contributed by atoms with E-state index in [0.29, 0.717) is 5.92 Å². The highest BCUT2D eigenvalue weighted by Gasteiger charge is 2.21. The summed E-state index contributed by atoms with van der Waals surface area (Å²) in [7, 11) is 0. The zero-order chi connectivity index (χ0) is 12.8. The minimum Gasteiger partial charge on any atom is -0.233 e. The number of hydrogen-bond acceptors (Lipinski definition) is 2. The quantitative estimate of drug-likeness (QED) is 0.752. The molecule has 2 rings (SSSR count). The van der Waals surface area contributed by atoms with Crippen LogP contribution in [-0.4, -0.2) is 14.6 Å². The van der Waals surface area contributed by atoms with Gasteiger partial charge in [-0.15, -0.1) is 0 Å². The number of aromatic nitrogens is 3. The fourth-order valence-electron chi connectivity index (χ4n) is 1.92. The van der Waals surface area contributed by atoms with Crippen LogP contribution in [0.5, 0.6) is 0 Å². The first-order valence-electron chi connectivity index (χ1n) is 6.16. The molecule has 2 aromatic heterocycles. The summed E-state index contributed by atoms with van der Waals surface area (Å²) in [6.07, 6.45) is 1.89. The van der Waals surface area contributed by atoms with Gasteiger partial charge in [-0.2, -0.15) is 5.10 Å². The van der Waals surface area contributed by atoms with Gasteiger partial charge < -0.3 is 0 Å². The van der Waals surface area contributed by atoms with Gasteiger partial charge in [0.05, 0.1) is 11.9 Å². The molecule has 3 nitrogen and oxygen atoms in total. The van der Waals surface area contributed by atoms with E-state index in [1.54, 1.807) is 0 Å². The summed E-state index contributed by atoms with van der Waals surface area (Å²) in [5.74, 6) is 0.440. The van der Waals surface area contributed by atoms with Gasteiger partial charge in [-0.25, -0.2) is 9.50 Å². The monoisotopic (exact) mass is 231 g/mol. The smallest absolute Gasteiger partial charge is 0.158 e. The second-order valence-corrected chi connectivity index (χ2v) is 6.03. The zero-order valence-electron chi connectivity index (χ0n) is 11.6. The molecule has 0 aromatic carbocycles. The molecule has 0 N–H and O–H groups in total. The predicted molar refractivity (Wildman–Crippen MR) is 70.5 cm³/mol. The van der Waals surface area contributed by atoms with E-state index >= 15 is 0 Å². The van der Waals surface area contributed by atoms with E-state index in [1.165, 1.54) is 5.69 Å². The van der Waals surface area contributed by atoms with E-state index in [1.807, 2.05) is 10.7 Å². The van der Waals surface area contributed by atoms with E-state index in [-0.39, 0.29) is 5.41 Å². The van der Waals surface area contributed by atoms with Crippen LogP contribution in [-0.2, 0) is 5.41 Å². The molecular weight excluding hydrogens is 210 g/mol. The van der Waals surface area contributed by atoms with Gasteiger partial charge in [-0.05, 0) is 18.9 Å². The van der Waals surface area contributed by atoms with E-state index in [9.17, 15) is 0 Å². The molecule has 0 unspecified atom stereocenters. The second kappa shape index (κ2) is 3.83. The maximum atomic E-state index is 4.71. The average Bonchev–Trinajstić information content (AvgIpc) is 2.58. The molecule has 0 amide bonds. The molecule has 2 heterocycles. The Morgan fingerprint density at radius 3 is 2.41 bits per heavy atom. The summed E-state index contributed by atoms with van der Waals surface area (Å²) < 4.78 is 1.97. The SMILES string of the molecule is Cc1cnn2c(C(C)(C)C)cc(C(C)C)nc12. The number of fused-ring (bicyclic) bond motifs is 1. The van der Waals surface area contributed by atoms with Crippen molar-refractivity contribution in [1.29, 1.82) is 0 Å². The maximum Gasteiger partial charge on any atom is 0.158 e. The van der Waals surface area contributed by atoms with Gasteiger partial charge in [0.2, 0.25) is 0 Å². The highest BCUT2D eigenvalue weighted by molar-refractivity contribution is 5.48. The largest absolute Gasteiger partial charge is 0.233 e. The molecule has 0 atom stereocenters. The van der Waals surface area contributed by atoms with Gasteiger partial charge in [0.15, 0.2) is 5.65 Å². The third kappa shape index (κ3) is 2.06. The molecule has 0 radical (unpaired) electrons. The lowest BCUT2D eigenvalue weighted by molar-refractivity contribution is 0.543. The van der Waals surface area contributed by atoms with Gasteiger partial charge in [-0.3, -0.25) is 0 Å². The van der Waals surface area contributed by atoms with Crippen molar-refractivity contribution in [3.05, 3.63) is 29.2 Å². The first kappa shape index (κ1) is 12.1. The van der Waals surface area contributed by atoms with Crippen LogP contribution >= 0.6 is 0 Å². The van der Waals surface area contributed by atoms with Crippen LogP contribution in [0.2, 0.25) is 0 Å². The molecule has 0 saturated carbocycles. The number of rotatable bonds is 1. The highest BCUT2D eigenvalue weighted by Crippen LogP contribution is 2.26. The molecule has 92 valence electrons. The first-order chi connectivity index (χ1) is 7.80. The Morgan fingerprint density at radius 1 is 1.24 bits per heavy atom. The van der Waals surface area contributed by atoms with Gasteiger partial charge in [-0.1, -0.05) is 34.6 Å². The fourth-order valence-corrected chi connectivity index (χ4v) is 1.92. The van der Waals surface area contributed by atoms with Gasteiger partial charge in [0.25, 0.3) is 0 Å². The average molecular weight is 231 g/mol. The molecule has 0 bridgehead atoms. The van der Waals surface area contributed by atoms with Crippen LogP contribution in [0.25, 0.3) is 5.65 Å². The van der Waals surface area contributed by atoms with Crippen LogP contribution in [0.4, 0.5) is 0 Å². The number of hydrogen-bond donors (Lipinski definition) is 0. The lowest BCUT2D eigenvalue weighted by Crippen LogP contribution is -2.18. The lowest BCUT2D eigenvalue weighted by Gasteiger charge is -2.21. The van der Waals surface area contributed by atoms with Crippen molar-refractivity contribution in [1.82, 2.24) is 14.6 Å². The van der Waals surface area contributed by atoms with Crippen LogP contribution in [0.3, 0.4) is 0 Å². The van der Waals surface area contributed by atoms with Crippen LogP contribution in [0.15, 0.2) is 12.3 Å². The number of nitrogens with zero attached hydrogens (tertiary/aromatic N) is 3. The Balaban J connectivity index is 2.80. The van der Waals surface area contributed by atoms with Gasteiger partial charge in [0.1, 0.15) is 0 Å². The Hall–Kier alpha value is -1.38. The predicted octanol–water partition coefficient (Wildman–Crippen LogP) is 3.46. The van der Waals surface area contributed by atoms with Crippen molar-refractivity contribution in [2.24, 2.45) is 0 Å². The van der Waals surface area contributed by atoms with Crippen molar-refractivity contribution in [3.63, 3.8) is 0 Å². The summed E-state index contributed by atoms with van der Waals surface area (Å²) in [6.45, 7) is 13.1. The molecule has 0 saturated heterocycles. The normalized spacial score (nSPS) is 12.6. The lowest BCUT2D eigenvalue weighted by atomic mass is 9.90. The van der Waals surface area contributed by atoms with Crippen LogP contribution in [0.1, 0.15) is 57.5 Å². The standard InChI is InChI=1S/C14H21N3/c1-9(2)11-7-12(14(4,5)6)17-13(16-11)10(3)8-15-17/h7-9H,1-6H3. The number of aryl methyl sites for hydroxylation is 1. The summed E-state index contributed by atoms with van der Waals surface area (Å²) in [6, 6.07) is 2.18. The molecule has 2 aromatic rings. The summed E-state index contributed by atoms with van der Waals surface area (Å²) in [5, 5.41) is 4.44. The zero-order valence-corrected chi connectivity index (χ0v) is 11.6. The molecule has 0 aliphatic rings. The Labute approximate surface area is 103 Å². The molecule has 17 heavy (non-hydrogen) atoms. The molecule has 0 aliphatic heterocycles. The topological polar surface area (TPSA) is 30.2 Å². The summed E-state index contributed by atoms with van der Waals surface area (Å²) in [4.78, 5) is 4.71. The Kier molecular flexibility index (Phi) is 2.72. The summed E-state index contributed by atoms with van der Waals surface area (Å²) in [5.41, 5.74) is 4.56. The molecule has 3 heteroatoms. The van der Waals surface area contributed by atoms with Crippen molar-refractivity contribution in [3.8, 4) is 0 Å². The minimum atomic E-state index is 0.0727. The van der Waals surface area contributed by atoms with Crippen molar-refractivity contribution in [2.75, 3.05) is 0 Å². The molecule has 0 fully saturated rings. The van der Waals surface area contributed by atoms with E-state index in [4.69, 9.17) is 4.98 Å². The third-order valence-corrected chi connectivity index (χ3v) is 3.03. The second-order valence-electron chi connectivity index (χ2n) is 6.03. The van der Waals surface area contributed by atoms with Crippen molar-refractivity contribution < 1.29 is 0 Å². The van der Waals surface area contributed by atoms with Gasteiger partial charge in [0, 0.05) is 16.7 Å². The Bertz CT molecular complexity index is 544.